The lowest BCUT2D eigenvalue weighted by Gasteiger charge is -2.11. The summed E-state index contributed by atoms with van der Waals surface area (Å²) < 4.78 is 9.93. The smallest absolute Gasteiger partial charge is 0.278 e. The number of thioether (sulfide) groups is 1. The molecule has 7 nitrogen and oxygen atoms in total. The third-order valence-electron chi connectivity index (χ3n) is 3.63. The van der Waals surface area contributed by atoms with E-state index in [0.29, 0.717) is 18.0 Å². The monoisotopic (exact) mass is 372 g/mol. The number of anilines is 1. The Morgan fingerprint density at radius 3 is 2.77 bits per heavy atom. The van der Waals surface area contributed by atoms with Gasteiger partial charge in [-0.15, -0.1) is 11.8 Å². The van der Waals surface area contributed by atoms with Crippen molar-refractivity contribution in [3.8, 4) is 0 Å². The number of carbonyl (C=O) groups excluding carboxylic acids is 3. The van der Waals surface area contributed by atoms with E-state index < -0.39 is 17.5 Å². The van der Waals surface area contributed by atoms with Crippen molar-refractivity contribution in [3.05, 3.63) is 58.3 Å². The number of benzene rings is 1. The molecule has 0 atom stereocenters. The number of methoxy groups -OCH3 is 1. The number of aromatic nitrogens is 1. The number of carbonyl (C=O) groups is 3. The molecule has 3 rings (SSSR count). The van der Waals surface area contributed by atoms with E-state index >= 15 is 0 Å². The fourth-order valence-electron chi connectivity index (χ4n) is 2.40. The zero-order valence-electron chi connectivity index (χ0n) is 14.0. The van der Waals surface area contributed by atoms with Crippen LogP contribution in [0.4, 0.5) is 5.69 Å². The molecule has 0 saturated heterocycles. The van der Waals surface area contributed by atoms with Gasteiger partial charge in [-0.25, -0.2) is 0 Å². The largest absolute Gasteiger partial charge is 0.385 e. The number of fused-ring (bicyclic) bond motifs is 1. The third-order valence-corrected chi connectivity index (χ3v) is 4.73. The Morgan fingerprint density at radius 2 is 2.04 bits per heavy atom. The van der Waals surface area contributed by atoms with Gasteiger partial charge in [0.05, 0.1) is 4.91 Å². The second kappa shape index (κ2) is 8.11. The van der Waals surface area contributed by atoms with Crippen molar-refractivity contribution in [3.63, 3.8) is 0 Å². The molecule has 1 aliphatic carbocycles. The number of nitrogens with one attached hydrogen (secondary N) is 1. The minimum atomic E-state index is -0.604. The predicted molar refractivity (Wildman–Crippen MR) is 96.6 cm³/mol. The highest BCUT2D eigenvalue weighted by Crippen LogP contribution is 2.31. The number of allylic oxidation sites excluding steroid dienone is 2. The van der Waals surface area contributed by atoms with Crippen molar-refractivity contribution >= 4 is 34.9 Å². The van der Waals surface area contributed by atoms with Crippen LogP contribution in [0.25, 0.3) is 0 Å². The van der Waals surface area contributed by atoms with Crippen LogP contribution in [0.15, 0.2) is 45.8 Å². The Morgan fingerprint density at radius 1 is 1.27 bits per heavy atom. The van der Waals surface area contributed by atoms with Crippen LogP contribution in [0.1, 0.15) is 37.8 Å². The first-order chi connectivity index (χ1) is 12.6. The molecule has 1 aromatic heterocycles. The number of Topliss-reactive ketones (excluding diaryl/α,β-unsaturated/α-hetero) is 1. The molecule has 1 amide bonds. The SMILES string of the molecule is COCCCSC1=CC(=O)c2onc(C(=O)Nc3ccccc3)c2C1=O. The maximum atomic E-state index is 12.7. The van der Waals surface area contributed by atoms with Crippen LogP contribution in [0.2, 0.25) is 0 Å². The summed E-state index contributed by atoms with van der Waals surface area (Å²) in [5.74, 6) is -1.09. The van der Waals surface area contributed by atoms with E-state index in [0.717, 1.165) is 6.42 Å². The molecule has 134 valence electrons. The Labute approximate surface area is 153 Å². The van der Waals surface area contributed by atoms with Crippen molar-refractivity contribution in [1.29, 1.82) is 0 Å². The molecule has 2 aromatic rings. The minimum Gasteiger partial charge on any atom is -0.385 e. The molecule has 0 fully saturated rings. The predicted octanol–water partition coefficient (Wildman–Crippen LogP) is 2.96. The fourth-order valence-corrected chi connectivity index (χ4v) is 3.31. The molecule has 0 bridgehead atoms. The zero-order valence-corrected chi connectivity index (χ0v) is 14.8. The molecule has 1 aromatic carbocycles. The van der Waals surface area contributed by atoms with E-state index in [1.165, 1.54) is 17.8 Å². The lowest BCUT2D eigenvalue weighted by atomic mass is 9.99. The lowest BCUT2D eigenvalue weighted by molar-refractivity contribution is 0.0967. The van der Waals surface area contributed by atoms with Crippen LogP contribution >= 0.6 is 11.8 Å². The Kier molecular flexibility index (Phi) is 5.65. The first-order valence-corrected chi connectivity index (χ1v) is 8.89. The molecule has 26 heavy (non-hydrogen) atoms. The van der Waals surface area contributed by atoms with Crippen LogP contribution in [0, 0.1) is 0 Å². The lowest BCUT2D eigenvalue weighted by Crippen LogP contribution is -2.20. The molecular formula is C18H16N2O5S. The number of rotatable bonds is 7. The number of ether oxygens (including phenoxy) is 1. The zero-order chi connectivity index (χ0) is 18.5. The van der Waals surface area contributed by atoms with Crippen LogP contribution < -0.4 is 5.32 Å². The molecular weight excluding hydrogens is 356 g/mol. The van der Waals surface area contributed by atoms with E-state index in [1.807, 2.05) is 6.07 Å². The number of hydrogen-bond acceptors (Lipinski definition) is 7. The van der Waals surface area contributed by atoms with Gasteiger partial charge in [-0.1, -0.05) is 23.4 Å². The average molecular weight is 372 g/mol. The van der Waals surface area contributed by atoms with Crippen molar-refractivity contribution in [2.24, 2.45) is 0 Å². The normalized spacial score (nSPS) is 13.3. The summed E-state index contributed by atoms with van der Waals surface area (Å²) in [6, 6.07) is 8.75. The molecule has 1 aliphatic rings. The van der Waals surface area contributed by atoms with Gasteiger partial charge in [0.25, 0.3) is 5.91 Å². The minimum absolute atomic E-state index is 0.0832. The Hall–Kier alpha value is -2.71. The Balaban J connectivity index is 1.80. The summed E-state index contributed by atoms with van der Waals surface area (Å²) in [6.45, 7) is 0.561. The number of hydrogen-bond donors (Lipinski definition) is 1. The number of ketones is 2. The summed E-state index contributed by atoms with van der Waals surface area (Å²) in [6.07, 6.45) is 1.96. The maximum absolute atomic E-state index is 12.7. The van der Waals surface area contributed by atoms with Crippen LogP contribution in [-0.4, -0.2) is 42.1 Å². The molecule has 0 spiro atoms. The second-order valence-electron chi connectivity index (χ2n) is 5.45. The highest BCUT2D eigenvalue weighted by Gasteiger charge is 2.36. The summed E-state index contributed by atoms with van der Waals surface area (Å²) >= 11 is 1.25. The van der Waals surface area contributed by atoms with Gasteiger partial charge in [0, 0.05) is 31.2 Å². The van der Waals surface area contributed by atoms with Gasteiger partial charge in [0.15, 0.2) is 5.69 Å². The van der Waals surface area contributed by atoms with E-state index in [1.54, 1.807) is 31.4 Å². The summed E-state index contributed by atoms with van der Waals surface area (Å²) in [7, 11) is 1.60. The molecule has 1 heterocycles. The summed E-state index contributed by atoms with van der Waals surface area (Å²) in [4.78, 5) is 37.6. The van der Waals surface area contributed by atoms with Crippen molar-refractivity contribution in [2.45, 2.75) is 6.42 Å². The standard InChI is InChI=1S/C18H16N2O5S/c1-24-8-5-9-26-13-10-12(21)17-14(16(13)22)15(20-25-17)18(23)19-11-6-3-2-4-7-11/h2-4,6-7,10H,5,8-9H2,1H3,(H,19,23). The highest BCUT2D eigenvalue weighted by atomic mass is 32.2. The molecule has 0 radical (unpaired) electrons. The fraction of sp³-hybridized carbons (Fsp3) is 0.222. The highest BCUT2D eigenvalue weighted by molar-refractivity contribution is 8.04. The van der Waals surface area contributed by atoms with E-state index in [-0.39, 0.29) is 21.9 Å². The van der Waals surface area contributed by atoms with Gasteiger partial charge in [0.1, 0.15) is 5.56 Å². The van der Waals surface area contributed by atoms with Gasteiger partial charge < -0.3 is 14.6 Å². The number of para-hydroxylation sites is 1. The van der Waals surface area contributed by atoms with Crippen LogP contribution in [-0.2, 0) is 4.74 Å². The van der Waals surface area contributed by atoms with E-state index in [4.69, 9.17) is 9.26 Å². The summed E-state index contributed by atoms with van der Waals surface area (Å²) in [5, 5.41) is 6.28. The average Bonchev–Trinajstić information content (AvgIpc) is 3.09. The quantitative estimate of drug-likeness (QED) is 0.746. The molecule has 1 N–H and O–H groups in total. The molecule has 0 saturated carbocycles. The van der Waals surface area contributed by atoms with Gasteiger partial charge in [-0.05, 0) is 18.6 Å². The van der Waals surface area contributed by atoms with Gasteiger partial charge in [-0.3, -0.25) is 14.4 Å². The molecule has 0 aliphatic heterocycles. The number of nitrogens with zero attached hydrogens (tertiary/aromatic N) is 1. The van der Waals surface area contributed by atoms with Gasteiger partial charge in [0.2, 0.25) is 17.3 Å². The van der Waals surface area contributed by atoms with Gasteiger partial charge >= 0.3 is 0 Å². The first kappa shape index (κ1) is 18.1. The van der Waals surface area contributed by atoms with E-state index in [9.17, 15) is 14.4 Å². The number of amides is 1. The maximum Gasteiger partial charge on any atom is 0.278 e. The topological polar surface area (TPSA) is 98.5 Å². The van der Waals surface area contributed by atoms with Crippen molar-refractivity contribution in [1.82, 2.24) is 5.16 Å². The molecule has 0 unspecified atom stereocenters. The first-order valence-electron chi connectivity index (χ1n) is 7.90. The van der Waals surface area contributed by atoms with Crippen LogP contribution in [0.5, 0.6) is 0 Å². The summed E-state index contributed by atoms with van der Waals surface area (Å²) in [5.41, 5.74) is 0.277. The third kappa shape index (κ3) is 3.76. The second-order valence-corrected chi connectivity index (χ2v) is 6.59. The molecule has 8 heteroatoms. The van der Waals surface area contributed by atoms with Crippen molar-refractivity contribution < 1.29 is 23.6 Å². The van der Waals surface area contributed by atoms with Crippen molar-refractivity contribution in [2.75, 3.05) is 24.8 Å². The van der Waals surface area contributed by atoms with Gasteiger partial charge in [-0.2, -0.15) is 0 Å². The van der Waals surface area contributed by atoms with Crippen LogP contribution in [0.3, 0.4) is 0 Å². The van der Waals surface area contributed by atoms with E-state index in [2.05, 4.69) is 10.5 Å². The Bertz CT molecular complexity index is 873.